The zero-order valence-corrected chi connectivity index (χ0v) is 16.4. The lowest BCUT2D eigenvalue weighted by molar-refractivity contribution is 0.0467. The minimum atomic E-state index is -0.283. The Labute approximate surface area is 169 Å². The van der Waals surface area contributed by atoms with Crippen LogP contribution in [0.5, 0.6) is 5.88 Å². The number of nitrogens with one attached hydrogen (secondary N) is 1. The lowest BCUT2D eigenvalue weighted by Crippen LogP contribution is -2.47. The van der Waals surface area contributed by atoms with Crippen molar-refractivity contribution in [2.45, 2.75) is 31.8 Å². The summed E-state index contributed by atoms with van der Waals surface area (Å²) in [7, 11) is 0. The van der Waals surface area contributed by atoms with Gasteiger partial charge in [0, 0.05) is 29.9 Å². The number of piperidine rings is 1. The normalized spacial score (nSPS) is 18.1. The molecule has 4 rings (SSSR count). The van der Waals surface area contributed by atoms with Crippen LogP contribution in [0.1, 0.15) is 36.0 Å². The quantitative estimate of drug-likeness (QED) is 0.776. The first-order valence-corrected chi connectivity index (χ1v) is 10.1. The van der Waals surface area contributed by atoms with Gasteiger partial charge in [-0.3, -0.25) is 10.2 Å². The first-order chi connectivity index (χ1) is 13.6. The number of hydrazine groups is 1. The molecule has 2 aromatic rings. The Morgan fingerprint density at radius 2 is 1.93 bits per heavy atom. The highest BCUT2D eigenvalue weighted by atomic mass is 35.5. The number of ether oxygens (including phenoxy) is 1. The van der Waals surface area contributed by atoms with E-state index >= 15 is 0 Å². The summed E-state index contributed by atoms with van der Waals surface area (Å²) >= 11 is 6.02. The molecule has 1 saturated heterocycles. The maximum Gasteiger partial charge on any atom is 0.267 e. The van der Waals surface area contributed by atoms with Gasteiger partial charge < -0.3 is 9.84 Å². The zero-order chi connectivity index (χ0) is 19.5. The van der Waals surface area contributed by atoms with E-state index in [-0.39, 0.29) is 12.0 Å². The van der Waals surface area contributed by atoms with Crippen molar-refractivity contribution in [2.24, 2.45) is 5.92 Å². The van der Waals surface area contributed by atoms with Gasteiger partial charge in [-0.2, -0.15) is 0 Å². The van der Waals surface area contributed by atoms with Crippen molar-refractivity contribution in [1.82, 2.24) is 15.4 Å². The van der Waals surface area contributed by atoms with Gasteiger partial charge in [0.2, 0.25) is 5.88 Å². The van der Waals surface area contributed by atoms with E-state index in [9.17, 15) is 9.90 Å². The van der Waals surface area contributed by atoms with Gasteiger partial charge in [-0.1, -0.05) is 23.7 Å². The second-order valence-corrected chi connectivity index (χ2v) is 7.93. The van der Waals surface area contributed by atoms with Crippen molar-refractivity contribution < 1.29 is 14.6 Å². The van der Waals surface area contributed by atoms with E-state index in [4.69, 9.17) is 16.3 Å². The number of aliphatic hydroxyl groups excluding tert-OH is 1. The highest BCUT2D eigenvalue weighted by molar-refractivity contribution is 6.30. The number of pyridine rings is 1. The molecule has 1 aromatic heterocycles. The van der Waals surface area contributed by atoms with Crippen LogP contribution in [0.4, 0.5) is 0 Å². The van der Waals surface area contributed by atoms with Gasteiger partial charge >= 0.3 is 0 Å². The fraction of sp³-hybridized carbons (Fsp3) is 0.429. The summed E-state index contributed by atoms with van der Waals surface area (Å²) in [4.78, 5) is 17.1. The number of nitrogens with zero attached hydrogens (tertiary/aromatic N) is 2. The van der Waals surface area contributed by atoms with Gasteiger partial charge in [-0.25, -0.2) is 9.99 Å². The largest absolute Gasteiger partial charge is 0.477 e. The van der Waals surface area contributed by atoms with Crippen LogP contribution in [0.2, 0.25) is 5.02 Å². The predicted octanol–water partition coefficient (Wildman–Crippen LogP) is 3.29. The number of amides is 1. The highest BCUT2D eigenvalue weighted by Gasteiger charge is 2.24. The minimum absolute atomic E-state index is 0.215. The lowest BCUT2D eigenvalue weighted by Gasteiger charge is -2.29. The summed E-state index contributed by atoms with van der Waals surface area (Å²) in [5.41, 5.74) is 5.05. The van der Waals surface area contributed by atoms with Crippen molar-refractivity contribution in [2.75, 3.05) is 19.7 Å². The van der Waals surface area contributed by atoms with Crippen LogP contribution < -0.4 is 10.2 Å². The number of rotatable bonds is 6. The van der Waals surface area contributed by atoms with Gasteiger partial charge in [0.25, 0.3) is 5.91 Å². The Hall–Kier alpha value is -2.15. The molecule has 0 atom stereocenters. The molecule has 0 spiro atoms. The predicted molar refractivity (Wildman–Crippen MR) is 107 cm³/mol. The molecule has 2 aliphatic rings. The van der Waals surface area contributed by atoms with E-state index in [1.807, 2.05) is 35.3 Å². The third kappa shape index (κ3) is 4.82. The van der Waals surface area contributed by atoms with E-state index in [1.165, 1.54) is 12.8 Å². The summed E-state index contributed by atoms with van der Waals surface area (Å²) in [6.07, 6.45) is 4.97. The third-order valence-electron chi connectivity index (χ3n) is 5.15. The number of aromatic nitrogens is 1. The summed E-state index contributed by atoms with van der Waals surface area (Å²) in [5, 5.41) is 12.1. The molecule has 1 amide bonds. The molecule has 1 aliphatic heterocycles. The Morgan fingerprint density at radius 3 is 2.61 bits per heavy atom. The average Bonchev–Trinajstić information content (AvgIpc) is 3.53. The standard InChI is InChI=1S/C21H24ClN3O3/c22-17-5-3-15(4-6-17)19-11-16(12-23-21(19)28-13-14-1-2-14)20(27)24-25-9-7-18(26)8-10-25/h3-6,11-12,14,18,26H,1-2,7-10,13H2,(H,24,27). The maximum atomic E-state index is 12.7. The highest BCUT2D eigenvalue weighted by Crippen LogP contribution is 2.33. The van der Waals surface area contributed by atoms with Crippen molar-refractivity contribution in [3.05, 3.63) is 47.1 Å². The zero-order valence-electron chi connectivity index (χ0n) is 15.6. The topological polar surface area (TPSA) is 74.7 Å². The Balaban J connectivity index is 1.54. The van der Waals surface area contributed by atoms with Gasteiger partial charge in [0.05, 0.1) is 18.3 Å². The van der Waals surface area contributed by atoms with Crippen molar-refractivity contribution in [3.63, 3.8) is 0 Å². The molecule has 1 aliphatic carbocycles. The average molecular weight is 402 g/mol. The molecular weight excluding hydrogens is 378 g/mol. The van der Waals surface area contributed by atoms with Crippen molar-refractivity contribution in [3.8, 4) is 17.0 Å². The summed E-state index contributed by atoms with van der Waals surface area (Å²) in [6.45, 7) is 1.91. The van der Waals surface area contributed by atoms with Gasteiger partial charge in [-0.15, -0.1) is 0 Å². The number of benzene rings is 1. The molecule has 2 heterocycles. The maximum absolute atomic E-state index is 12.7. The molecule has 2 fully saturated rings. The minimum Gasteiger partial charge on any atom is -0.477 e. The van der Waals surface area contributed by atoms with E-state index in [1.54, 1.807) is 6.20 Å². The first kappa shape index (κ1) is 19.2. The van der Waals surface area contributed by atoms with Gasteiger partial charge in [-0.05, 0) is 55.4 Å². The van der Waals surface area contributed by atoms with Crippen LogP contribution in [0.25, 0.3) is 11.1 Å². The Bertz CT molecular complexity index is 831. The van der Waals surface area contributed by atoms with Crippen LogP contribution in [0.15, 0.2) is 36.5 Å². The number of carbonyl (C=O) groups excluding carboxylic acids is 1. The number of hydrogen-bond acceptors (Lipinski definition) is 5. The number of carbonyl (C=O) groups is 1. The SMILES string of the molecule is O=C(NN1CCC(O)CC1)c1cnc(OCC2CC2)c(-c2ccc(Cl)cc2)c1. The van der Waals surface area contributed by atoms with Gasteiger partial charge in [0.1, 0.15) is 0 Å². The van der Waals surface area contributed by atoms with Crippen LogP contribution in [-0.4, -0.2) is 46.8 Å². The van der Waals surface area contributed by atoms with Gasteiger partial charge in [0.15, 0.2) is 0 Å². The molecule has 0 bridgehead atoms. The molecule has 7 heteroatoms. The lowest BCUT2D eigenvalue weighted by atomic mass is 10.0. The van der Waals surface area contributed by atoms with Crippen LogP contribution >= 0.6 is 11.6 Å². The molecule has 0 unspecified atom stereocenters. The summed E-state index contributed by atoms with van der Waals surface area (Å²) < 4.78 is 5.93. The first-order valence-electron chi connectivity index (χ1n) is 9.71. The molecule has 1 saturated carbocycles. The van der Waals surface area contributed by atoms with Crippen LogP contribution in [-0.2, 0) is 0 Å². The smallest absolute Gasteiger partial charge is 0.267 e. The van der Waals surface area contributed by atoms with E-state index in [2.05, 4.69) is 10.4 Å². The molecule has 148 valence electrons. The summed E-state index contributed by atoms with van der Waals surface area (Å²) in [5.74, 6) is 0.928. The van der Waals surface area contributed by atoms with Crippen LogP contribution in [0.3, 0.4) is 0 Å². The molecule has 6 nitrogen and oxygen atoms in total. The number of hydrogen-bond donors (Lipinski definition) is 2. The monoisotopic (exact) mass is 401 g/mol. The second kappa shape index (κ2) is 8.47. The van der Waals surface area contributed by atoms with Crippen molar-refractivity contribution in [1.29, 1.82) is 0 Å². The second-order valence-electron chi connectivity index (χ2n) is 7.50. The molecular formula is C21H24ClN3O3. The van der Waals surface area contributed by atoms with Crippen LogP contribution in [0, 0.1) is 5.92 Å². The van der Waals surface area contributed by atoms with E-state index in [0.717, 1.165) is 11.1 Å². The molecule has 0 radical (unpaired) electrons. The third-order valence-corrected chi connectivity index (χ3v) is 5.40. The molecule has 1 aromatic carbocycles. The molecule has 2 N–H and O–H groups in total. The van der Waals surface area contributed by atoms with E-state index in [0.29, 0.717) is 54.9 Å². The van der Waals surface area contributed by atoms with Crippen molar-refractivity contribution >= 4 is 17.5 Å². The Kier molecular flexibility index (Phi) is 5.80. The fourth-order valence-electron chi connectivity index (χ4n) is 3.19. The van der Waals surface area contributed by atoms with E-state index < -0.39 is 0 Å². The number of halogens is 1. The Morgan fingerprint density at radius 1 is 1.21 bits per heavy atom. The molecule has 28 heavy (non-hydrogen) atoms. The fourth-order valence-corrected chi connectivity index (χ4v) is 3.32. The summed E-state index contributed by atoms with van der Waals surface area (Å²) in [6, 6.07) is 9.24. The number of aliphatic hydroxyl groups is 1.